The lowest BCUT2D eigenvalue weighted by Gasteiger charge is -2.10. The monoisotopic (exact) mass is 247 g/mol. The molecule has 0 radical (unpaired) electrons. The number of amides is 1. The highest BCUT2D eigenvalue weighted by Gasteiger charge is 2.24. The molecule has 0 atom stereocenters. The van der Waals surface area contributed by atoms with Crippen molar-refractivity contribution < 1.29 is 13.2 Å². The van der Waals surface area contributed by atoms with Gasteiger partial charge in [-0.05, 0) is 6.54 Å². The fourth-order valence-electron chi connectivity index (χ4n) is 1.38. The zero-order valence-electron chi connectivity index (χ0n) is 9.35. The Labute approximate surface area is 95.4 Å². The molecule has 0 saturated carbocycles. The Morgan fingerprint density at radius 1 is 1.50 bits per heavy atom. The predicted octanol–water partition coefficient (Wildman–Crippen LogP) is -0.642. The number of rotatable bonds is 6. The van der Waals surface area contributed by atoms with Crippen LogP contribution < -0.4 is 5.73 Å². The first-order valence-electron chi connectivity index (χ1n) is 5.25. The summed E-state index contributed by atoms with van der Waals surface area (Å²) >= 11 is 0. The van der Waals surface area contributed by atoms with Crippen molar-refractivity contribution in [2.75, 3.05) is 24.6 Å². The van der Waals surface area contributed by atoms with Crippen molar-refractivity contribution in [3.05, 3.63) is 0 Å². The van der Waals surface area contributed by atoms with Crippen LogP contribution in [0.25, 0.3) is 0 Å². The second-order valence-electron chi connectivity index (χ2n) is 3.63. The van der Waals surface area contributed by atoms with E-state index in [1.54, 1.807) is 6.92 Å². The van der Waals surface area contributed by atoms with E-state index in [1.165, 1.54) is 5.01 Å². The van der Waals surface area contributed by atoms with Gasteiger partial charge in [0.1, 0.15) is 0 Å². The summed E-state index contributed by atoms with van der Waals surface area (Å²) in [5.74, 6) is -0.0852. The average Bonchev–Trinajstić information content (AvgIpc) is 2.57. The molecule has 0 unspecified atom stereocenters. The van der Waals surface area contributed by atoms with Crippen LogP contribution in [-0.4, -0.2) is 49.6 Å². The summed E-state index contributed by atoms with van der Waals surface area (Å²) in [6.07, 6.45) is 0.853. The summed E-state index contributed by atoms with van der Waals surface area (Å²) in [5, 5.41) is 5.29. The van der Waals surface area contributed by atoms with E-state index < -0.39 is 9.84 Å². The van der Waals surface area contributed by atoms with E-state index in [0.29, 0.717) is 13.0 Å². The third-order valence-electron chi connectivity index (χ3n) is 2.39. The standard InChI is InChI=1S/C9H17N3O3S/c1-2-16(14,15)6-5-12-9(13)7-8(11-12)3-4-10/h2-7,10H2,1H3. The van der Waals surface area contributed by atoms with E-state index in [-0.39, 0.29) is 30.4 Å². The maximum Gasteiger partial charge on any atom is 0.248 e. The van der Waals surface area contributed by atoms with Crippen molar-refractivity contribution in [2.45, 2.75) is 19.8 Å². The molecule has 0 aliphatic carbocycles. The third-order valence-corrected chi connectivity index (χ3v) is 4.08. The molecule has 1 aliphatic rings. The van der Waals surface area contributed by atoms with Crippen molar-refractivity contribution in [3.63, 3.8) is 0 Å². The Kier molecular flexibility index (Phi) is 4.43. The van der Waals surface area contributed by atoms with Crippen LogP contribution in [-0.2, 0) is 14.6 Å². The first-order chi connectivity index (χ1) is 7.48. The molecule has 1 amide bonds. The molecule has 1 rings (SSSR count). The molecule has 0 fully saturated rings. The van der Waals surface area contributed by atoms with E-state index in [1.807, 2.05) is 0 Å². The van der Waals surface area contributed by atoms with Gasteiger partial charge in [0.2, 0.25) is 5.91 Å². The largest absolute Gasteiger partial charge is 0.330 e. The topological polar surface area (TPSA) is 92.8 Å². The minimum Gasteiger partial charge on any atom is -0.330 e. The van der Waals surface area contributed by atoms with E-state index in [0.717, 1.165) is 5.71 Å². The van der Waals surface area contributed by atoms with Crippen LogP contribution >= 0.6 is 0 Å². The van der Waals surface area contributed by atoms with E-state index in [4.69, 9.17) is 5.73 Å². The van der Waals surface area contributed by atoms with Gasteiger partial charge in [-0.15, -0.1) is 0 Å². The van der Waals surface area contributed by atoms with Gasteiger partial charge in [-0.2, -0.15) is 5.10 Å². The summed E-state index contributed by atoms with van der Waals surface area (Å²) < 4.78 is 22.5. The molecule has 0 aromatic carbocycles. The molecule has 0 aromatic rings. The highest BCUT2D eigenvalue weighted by Crippen LogP contribution is 2.10. The van der Waals surface area contributed by atoms with Gasteiger partial charge >= 0.3 is 0 Å². The first-order valence-corrected chi connectivity index (χ1v) is 7.08. The van der Waals surface area contributed by atoms with Crippen LogP contribution in [0.5, 0.6) is 0 Å². The van der Waals surface area contributed by atoms with Gasteiger partial charge in [0.05, 0.1) is 18.7 Å². The molecule has 0 bridgehead atoms. The average molecular weight is 247 g/mol. The van der Waals surface area contributed by atoms with E-state index >= 15 is 0 Å². The Balaban J connectivity index is 2.52. The van der Waals surface area contributed by atoms with E-state index in [2.05, 4.69) is 5.10 Å². The van der Waals surface area contributed by atoms with E-state index in [9.17, 15) is 13.2 Å². The minimum absolute atomic E-state index is 0.0331. The van der Waals surface area contributed by atoms with Crippen molar-refractivity contribution in [3.8, 4) is 0 Å². The number of hydrogen-bond acceptors (Lipinski definition) is 5. The lowest BCUT2D eigenvalue weighted by atomic mass is 10.2. The molecular weight excluding hydrogens is 230 g/mol. The van der Waals surface area contributed by atoms with Gasteiger partial charge < -0.3 is 5.73 Å². The second-order valence-corrected chi connectivity index (χ2v) is 6.11. The summed E-state index contributed by atoms with van der Waals surface area (Å²) in [6, 6.07) is 0. The Bertz CT molecular complexity index is 389. The van der Waals surface area contributed by atoms with Gasteiger partial charge in [0.15, 0.2) is 9.84 Å². The quantitative estimate of drug-likeness (QED) is 0.675. The Morgan fingerprint density at radius 2 is 2.19 bits per heavy atom. The summed E-state index contributed by atoms with van der Waals surface area (Å²) in [4.78, 5) is 11.4. The highest BCUT2D eigenvalue weighted by atomic mass is 32.2. The van der Waals surface area contributed by atoms with Gasteiger partial charge in [0, 0.05) is 17.9 Å². The zero-order chi connectivity index (χ0) is 12.2. The normalized spacial score (nSPS) is 16.8. The smallest absolute Gasteiger partial charge is 0.248 e. The number of carbonyl (C=O) groups excluding carboxylic acids is 1. The lowest BCUT2D eigenvalue weighted by Crippen LogP contribution is -2.27. The fraction of sp³-hybridized carbons (Fsp3) is 0.778. The Morgan fingerprint density at radius 3 is 2.75 bits per heavy atom. The van der Waals surface area contributed by atoms with Crippen LogP contribution in [0.2, 0.25) is 0 Å². The second kappa shape index (κ2) is 5.40. The lowest BCUT2D eigenvalue weighted by molar-refractivity contribution is -0.128. The summed E-state index contributed by atoms with van der Waals surface area (Å²) in [7, 11) is -3.05. The fourth-order valence-corrected chi connectivity index (χ4v) is 2.12. The minimum atomic E-state index is -3.05. The molecule has 92 valence electrons. The molecule has 0 aromatic heterocycles. The number of nitrogens with two attached hydrogens (primary N) is 1. The van der Waals surface area contributed by atoms with Crippen LogP contribution in [0.15, 0.2) is 5.10 Å². The van der Waals surface area contributed by atoms with Crippen molar-refractivity contribution in [2.24, 2.45) is 10.8 Å². The molecule has 6 nitrogen and oxygen atoms in total. The van der Waals surface area contributed by atoms with Gasteiger partial charge in [-0.3, -0.25) is 4.79 Å². The van der Waals surface area contributed by atoms with Crippen LogP contribution in [0, 0.1) is 0 Å². The zero-order valence-corrected chi connectivity index (χ0v) is 10.2. The maximum atomic E-state index is 11.4. The van der Waals surface area contributed by atoms with Crippen molar-refractivity contribution in [1.29, 1.82) is 0 Å². The number of nitrogens with zero attached hydrogens (tertiary/aromatic N) is 2. The number of carbonyl (C=O) groups is 1. The summed E-state index contributed by atoms with van der Waals surface area (Å²) in [6.45, 7) is 2.18. The number of sulfone groups is 1. The molecule has 1 aliphatic heterocycles. The molecule has 16 heavy (non-hydrogen) atoms. The van der Waals surface area contributed by atoms with Crippen LogP contribution in [0.4, 0.5) is 0 Å². The molecule has 0 saturated heterocycles. The van der Waals surface area contributed by atoms with Crippen molar-refractivity contribution in [1.82, 2.24) is 5.01 Å². The molecular formula is C9H17N3O3S. The van der Waals surface area contributed by atoms with Crippen LogP contribution in [0.3, 0.4) is 0 Å². The number of hydrazone groups is 1. The summed E-state index contributed by atoms with van der Waals surface area (Å²) in [5.41, 5.74) is 6.09. The SMILES string of the molecule is CCS(=O)(=O)CCN1N=C(CCN)CC1=O. The maximum absolute atomic E-state index is 11.4. The molecule has 2 N–H and O–H groups in total. The van der Waals surface area contributed by atoms with Gasteiger partial charge in [-0.25, -0.2) is 13.4 Å². The molecule has 1 heterocycles. The molecule has 7 heteroatoms. The first kappa shape index (κ1) is 13.1. The predicted molar refractivity (Wildman–Crippen MR) is 61.8 cm³/mol. The highest BCUT2D eigenvalue weighted by molar-refractivity contribution is 7.91. The van der Waals surface area contributed by atoms with Crippen LogP contribution in [0.1, 0.15) is 19.8 Å². The number of hydrogen-bond donors (Lipinski definition) is 1. The molecule has 0 spiro atoms. The third kappa shape index (κ3) is 3.57. The Hall–Kier alpha value is -0.950. The van der Waals surface area contributed by atoms with Gasteiger partial charge in [-0.1, -0.05) is 6.92 Å². The van der Waals surface area contributed by atoms with Gasteiger partial charge in [0.25, 0.3) is 0 Å². The van der Waals surface area contributed by atoms with Crippen molar-refractivity contribution >= 4 is 21.5 Å².